The highest BCUT2D eigenvalue weighted by Crippen LogP contribution is 2.30. The minimum absolute atomic E-state index is 0.0201. The van der Waals surface area contributed by atoms with Crippen LogP contribution in [0.2, 0.25) is 0 Å². The number of halogens is 3. The molecule has 1 aliphatic heterocycles. The number of unbranched alkanes of at least 4 members (excludes halogenated alkanes) is 1. The summed E-state index contributed by atoms with van der Waals surface area (Å²) in [6.45, 7) is 2.26. The number of carbonyl (C=O) groups excluding carboxylic acids is 2. The van der Waals surface area contributed by atoms with Crippen LogP contribution in [0.5, 0.6) is 0 Å². The molecule has 1 fully saturated rings. The lowest BCUT2D eigenvalue weighted by molar-refractivity contribution is -0.137. The van der Waals surface area contributed by atoms with Crippen LogP contribution in [0, 0.1) is 5.92 Å². The van der Waals surface area contributed by atoms with Crippen molar-refractivity contribution in [1.82, 2.24) is 15.1 Å². The number of rotatable bonds is 7. The van der Waals surface area contributed by atoms with Crippen LogP contribution in [0.1, 0.15) is 42.3 Å². The minimum Gasteiger partial charge on any atom is -0.338 e. The summed E-state index contributed by atoms with van der Waals surface area (Å²) in [7, 11) is 0. The molecule has 1 saturated heterocycles. The fourth-order valence-corrected chi connectivity index (χ4v) is 3.89. The third-order valence-electron chi connectivity index (χ3n) is 4.65. The van der Waals surface area contributed by atoms with Gasteiger partial charge in [-0.15, -0.1) is 10.2 Å². The number of nitrogens with zero attached hydrogens (tertiary/aromatic N) is 3. The first-order valence-corrected chi connectivity index (χ1v) is 10.1. The van der Waals surface area contributed by atoms with Crippen LogP contribution in [0.25, 0.3) is 0 Å². The number of nitrogens with one attached hydrogen (secondary N) is 1. The van der Waals surface area contributed by atoms with E-state index in [4.69, 9.17) is 0 Å². The van der Waals surface area contributed by atoms with Gasteiger partial charge >= 0.3 is 6.18 Å². The average Bonchev–Trinajstić information content (AvgIpc) is 3.26. The molecule has 29 heavy (non-hydrogen) atoms. The van der Waals surface area contributed by atoms with Crippen molar-refractivity contribution >= 4 is 28.3 Å². The van der Waals surface area contributed by atoms with Gasteiger partial charge in [-0.1, -0.05) is 36.8 Å². The van der Waals surface area contributed by atoms with Gasteiger partial charge in [0.05, 0.1) is 11.5 Å². The van der Waals surface area contributed by atoms with Crippen molar-refractivity contribution in [1.29, 1.82) is 0 Å². The number of hydrogen-bond acceptors (Lipinski definition) is 5. The lowest BCUT2D eigenvalue weighted by Crippen LogP contribution is -2.28. The fourth-order valence-electron chi connectivity index (χ4n) is 3.11. The second kappa shape index (κ2) is 8.89. The highest BCUT2D eigenvalue weighted by atomic mass is 32.1. The van der Waals surface area contributed by atoms with E-state index >= 15 is 0 Å². The molecule has 1 aromatic carbocycles. The molecule has 3 rings (SSSR count). The minimum atomic E-state index is -4.44. The van der Waals surface area contributed by atoms with Gasteiger partial charge in [-0.3, -0.25) is 9.59 Å². The summed E-state index contributed by atoms with van der Waals surface area (Å²) in [5, 5.41) is 11.9. The van der Waals surface area contributed by atoms with E-state index in [1.54, 1.807) is 0 Å². The Hall–Kier alpha value is -2.49. The monoisotopic (exact) mass is 426 g/mol. The third kappa shape index (κ3) is 5.53. The van der Waals surface area contributed by atoms with Crippen LogP contribution >= 0.6 is 11.3 Å². The van der Waals surface area contributed by atoms with Gasteiger partial charge in [-0.25, -0.2) is 0 Å². The van der Waals surface area contributed by atoms with E-state index < -0.39 is 17.7 Å². The molecule has 10 heteroatoms. The maximum Gasteiger partial charge on any atom is 0.416 e. The first-order chi connectivity index (χ1) is 13.8. The number of aryl methyl sites for hydroxylation is 1. The van der Waals surface area contributed by atoms with E-state index in [2.05, 4.69) is 22.4 Å². The van der Waals surface area contributed by atoms with Gasteiger partial charge in [0.1, 0.15) is 5.01 Å². The maximum atomic E-state index is 12.9. The first kappa shape index (κ1) is 21.2. The Bertz CT molecular complexity index is 884. The molecule has 1 N–H and O–H groups in total. The highest BCUT2D eigenvalue weighted by molar-refractivity contribution is 7.15. The van der Waals surface area contributed by atoms with Crippen LogP contribution in [0.15, 0.2) is 24.3 Å². The third-order valence-corrected chi connectivity index (χ3v) is 5.55. The lowest BCUT2D eigenvalue weighted by Gasteiger charge is -2.17. The number of benzene rings is 1. The van der Waals surface area contributed by atoms with Crippen LogP contribution < -0.4 is 5.32 Å². The number of hydrogen-bond donors (Lipinski definition) is 1. The number of likely N-dealkylation sites (tertiary alicyclic amines) is 1. The average molecular weight is 426 g/mol. The van der Waals surface area contributed by atoms with E-state index in [1.807, 2.05) is 0 Å². The first-order valence-electron chi connectivity index (χ1n) is 9.33. The Balaban J connectivity index is 1.58. The largest absolute Gasteiger partial charge is 0.416 e. The van der Waals surface area contributed by atoms with E-state index in [-0.39, 0.29) is 31.3 Å². The molecule has 0 spiro atoms. The summed E-state index contributed by atoms with van der Waals surface area (Å²) in [6.07, 6.45) is -1.59. The zero-order valence-corrected chi connectivity index (χ0v) is 16.6. The van der Waals surface area contributed by atoms with Crippen molar-refractivity contribution in [2.75, 3.05) is 11.9 Å². The molecular formula is C19H21F3N4O2S. The highest BCUT2D eigenvalue weighted by Gasteiger charge is 2.35. The van der Waals surface area contributed by atoms with Crippen molar-refractivity contribution in [3.8, 4) is 0 Å². The molecule has 0 radical (unpaired) electrons. The smallest absolute Gasteiger partial charge is 0.338 e. The molecule has 156 valence electrons. The summed E-state index contributed by atoms with van der Waals surface area (Å²) < 4.78 is 38.6. The van der Waals surface area contributed by atoms with Gasteiger partial charge in [-0.2, -0.15) is 13.2 Å². The molecule has 2 amide bonds. The quantitative estimate of drug-likeness (QED) is 0.729. The molecule has 1 unspecified atom stereocenters. The summed E-state index contributed by atoms with van der Waals surface area (Å²) in [6, 6.07) is 4.87. The van der Waals surface area contributed by atoms with Crippen molar-refractivity contribution in [2.24, 2.45) is 5.92 Å². The standard InChI is InChI=1S/C19H21F3N4O2S/c1-2-3-7-15-24-25-18(29-15)23-17(28)13-9-16(27)26(11-13)10-12-5-4-6-14(8-12)19(20,21)22/h4-6,8,13H,2-3,7,9-11H2,1H3,(H,23,25,28). The van der Waals surface area contributed by atoms with Crippen LogP contribution in [0.3, 0.4) is 0 Å². The predicted octanol–water partition coefficient (Wildman–Crippen LogP) is 3.89. The Morgan fingerprint density at radius 3 is 2.86 bits per heavy atom. The van der Waals surface area contributed by atoms with Gasteiger partial charge in [-0.05, 0) is 24.1 Å². The molecule has 1 atom stereocenters. The Morgan fingerprint density at radius 1 is 1.34 bits per heavy atom. The number of alkyl halides is 3. The van der Waals surface area contributed by atoms with Gasteiger partial charge in [0, 0.05) is 25.9 Å². The van der Waals surface area contributed by atoms with Gasteiger partial charge < -0.3 is 10.2 Å². The van der Waals surface area contributed by atoms with Crippen LogP contribution in [0.4, 0.5) is 18.3 Å². The molecule has 1 aromatic heterocycles. The lowest BCUT2D eigenvalue weighted by atomic mass is 10.1. The molecule has 1 aliphatic rings. The number of amides is 2. The summed E-state index contributed by atoms with van der Waals surface area (Å²) >= 11 is 1.31. The van der Waals surface area contributed by atoms with Crippen molar-refractivity contribution in [3.63, 3.8) is 0 Å². The SMILES string of the molecule is CCCCc1nnc(NC(=O)C2CC(=O)N(Cc3cccc(C(F)(F)F)c3)C2)s1. The predicted molar refractivity (Wildman–Crippen MR) is 102 cm³/mol. The molecular weight excluding hydrogens is 405 g/mol. The van der Waals surface area contributed by atoms with Gasteiger partial charge in [0.25, 0.3) is 0 Å². The number of aromatic nitrogens is 2. The number of carbonyl (C=O) groups is 2. The zero-order valence-electron chi connectivity index (χ0n) is 15.8. The van der Waals surface area contributed by atoms with E-state index in [1.165, 1.54) is 28.4 Å². The topological polar surface area (TPSA) is 75.2 Å². The van der Waals surface area contributed by atoms with Crippen molar-refractivity contribution in [3.05, 3.63) is 40.4 Å². The second-order valence-corrected chi connectivity index (χ2v) is 8.03. The Morgan fingerprint density at radius 2 is 2.14 bits per heavy atom. The summed E-state index contributed by atoms with van der Waals surface area (Å²) in [5.74, 6) is -1.16. The van der Waals surface area contributed by atoms with Crippen LogP contribution in [-0.2, 0) is 28.7 Å². The fraction of sp³-hybridized carbons (Fsp3) is 0.474. The second-order valence-electron chi connectivity index (χ2n) is 6.97. The molecule has 0 aliphatic carbocycles. The number of anilines is 1. The maximum absolute atomic E-state index is 12.9. The van der Waals surface area contributed by atoms with Gasteiger partial charge in [0.2, 0.25) is 16.9 Å². The summed E-state index contributed by atoms with van der Waals surface area (Å²) in [4.78, 5) is 26.1. The van der Waals surface area contributed by atoms with E-state index in [0.717, 1.165) is 36.4 Å². The van der Waals surface area contributed by atoms with E-state index in [9.17, 15) is 22.8 Å². The molecule has 0 bridgehead atoms. The normalized spacial score (nSPS) is 17.0. The van der Waals surface area contributed by atoms with Crippen molar-refractivity contribution < 1.29 is 22.8 Å². The molecule has 0 saturated carbocycles. The van der Waals surface area contributed by atoms with E-state index in [0.29, 0.717) is 10.7 Å². The molecule has 2 aromatic rings. The Labute approximate surface area is 170 Å². The van der Waals surface area contributed by atoms with Gasteiger partial charge in [0.15, 0.2) is 0 Å². The summed E-state index contributed by atoms with van der Waals surface area (Å²) in [5.41, 5.74) is -0.384. The van der Waals surface area contributed by atoms with Crippen molar-refractivity contribution in [2.45, 2.75) is 45.3 Å². The molecule has 2 heterocycles. The zero-order chi connectivity index (χ0) is 21.0. The Kier molecular flexibility index (Phi) is 6.51. The van der Waals surface area contributed by atoms with Crippen LogP contribution in [-0.4, -0.2) is 33.5 Å². The molecule has 6 nitrogen and oxygen atoms in total.